The third-order valence-corrected chi connectivity index (χ3v) is 6.13. The van der Waals surface area contributed by atoms with Crippen LogP contribution in [0.4, 0.5) is 0 Å². The van der Waals surface area contributed by atoms with Crippen LogP contribution >= 0.6 is 15.9 Å². The van der Waals surface area contributed by atoms with Crippen LogP contribution in [0.3, 0.4) is 0 Å². The molecule has 5 heteroatoms. The van der Waals surface area contributed by atoms with Gasteiger partial charge in [0.05, 0.1) is 37.1 Å². The predicted molar refractivity (Wildman–Crippen MR) is 101 cm³/mol. The van der Waals surface area contributed by atoms with Crippen molar-refractivity contribution in [2.24, 2.45) is 0 Å². The molecule has 2 fully saturated rings. The zero-order valence-electron chi connectivity index (χ0n) is 14.9. The van der Waals surface area contributed by atoms with E-state index in [0.717, 1.165) is 25.7 Å². The van der Waals surface area contributed by atoms with E-state index in [2.05, 4.69) is 35.0 Å². The topological polar surface area (TPSA) is 47.9 Å². The number of hydrogen-bond acceptors (Lipinski definition) is 4. The molecule has 0 aromatic heterocycles. The van der Waals surface area contributed by atoms with Gasteiger partial charge in [-0.1, -0.05) is 53.2 Å². The molecular weight excluding hydrogens is 384 g/mol. The van der Waals surface area contributed by atoms with Gasteiger partial charge in [0.25, 0.3) is 0 Å². The molecule has 1 aromatic rings. The molecule has 25 heavy (non-hydrogen) atoms. The highest BCUT2D eigenvalue weighted by Crippen LogP contribution is 2.35. The summed E-state index contributed by atoms with van der Waals surface area (Å²) < 4.78 is 18.2. The lowest BCUT2D eigenvalue weighted by molar-refractivity contribution is -0.0604. The Labute approximate surface area is 159 Å². The number of ether oxygens (including phenoxy) is 3. The summed E-state index contributed by atoms with van der Waals surface area (Å²) in [7, 11) is 0. The highest BCUT2D eigenvalue weighted by molar-refractivity contribution is 9.09. The number of hydrogen-bond donors (Lipinski definition) is 1. The van der Waals surface area contributed by atoms with Crippen LogP contribution in [0, 0.1) is 0 Å². The van der Waals surface area contributed by atoms with Crippen LogP contribution in [0.1, 0.15) is 44.6 Å². The van der Waals surface area contributed by atoms with Crippen LogP contribution < -0.4 is 0 Å². The van der Waals surface area contributed by atoms with Gasteiger partial charge in [0.2, 0.25) is 0 Å². The molecule has 0 radical (unpaired) electrons. The molecule has 0 saturated carbocycles. The molecule has 0 amide bonds. The summed E-state index contributed by atoms with van der Waals surface area (Å²) in [6.45, 7) is 3.50. The van der Waals surface area contributed by atoms with Crippen LogP contribution in [0.5, 0.6) is 0 Å². The summed E-state index contributed by atoms with van der Waals surface area (Å²) in [4.78, 5) is 0.189. The minimum Gasteiger partial charge on any atom is -0.390 e. The van der Waals surface area contributed by atoms with Crippen LogP contribution in [-0.4, -0.2) is 47.1 Å². The summed E-state index contributed by atoms with van der Waals surface area (Å²) in [6.07, 6.45) is 4.04. The number of aliphatic hydroxyl groups excluding tert-OH is 1. The Balaban J connectivity index is 1.44. The molecule has 0 spiro atoms. The van der Waals surface area contributed by atoms with Gasteiger partial charge < -0.3 is 19.3 Å². The minimum absolute atomic E-state index is 0.0619. The molecule has 2 saturated heterocycles. The summed E-state index contributed by atoms with van der Waals surface area (Å²) >= 11 is 3.68. The van der Waals surface area contributed by atoms with Crippen LogP contribution in [0.25, 0.3) is 0 Å². The van der Waals surface area contributed by atoms with E-state index >= 15 is 0 Å². The van der Waals surface area contributed by atoms with E-state index in [4.69, 9.17) is 14.2 Å². The number of benzene rings is 1. The Morgan fingerprint density at radius 1 is 1.12 bits per heavy atom. The summed E-state index contributed by atoms with van der Waals surface area (Å²) in [5.41, 5.74) is 1.20. The third kappa shape index (κ3) is 5.27. The number of rotatable bonds is 7. The quantitative estimate of drug-likeness (QED) is 0.545. The van der Waals surface area contributed by atoms with Crippen molar-refractivity contribution in [2.75, 3.05) is 6.61 Å². The van der Waals surface area contributed by atoms with Crippen molar-refractivity contribution in [3.8, 4) is 0 Å². The van der Waals surface area contributed by atoms with Crippen molar-refractivity contribution in [1.29, 1.82) is 0 Å². The lowest BCUT2D eigenvalue weighted by atomic mass is 9.97. The maximum Gasteiger partial charge on any atom is 0.0866 e. The fourth-order valence-corrected chi connectivity index (χ4v) is 4.62. The van der Waals surface area contributed by atoms with Gasteiger partial charge >= 0.3 is 0 Å². The van der Waals surface area contributed by atoms with Crippen molar-refractivity contribution in [2.45, 2.75) is 81.0 Å². The highest BCUT2D eigenvalue weighted by Gasteiger charge is 2.43. The molecule has 0 aliphatic carbocycles. The number of aliphatic hydroxyl groups is 1. The van der Waals surface area contributed by atoms with Gasteiger partial charge in [-0.15, -0.1) is 0 Å². The molecule has 1 N–H and O–H groups in total. The largest absolute Gasteiger partial charge is 0.390 e. The van der Waals surface area contributed by atoms with Crippen molar-refractivity contribution < 1.29 is 19.3 Å². The standard InChI is InChI=1S/C20H29BrO4/c1-2-17-15(21)11-16(22)19-12-20(24-17)18(25-19)9-6-10-23-13-14-7-4-3-5-8-14/h3-5,7-8,15-20,22H,2,6,9-13H2,1H3/t15-,16+,17+,18+,19+,20+/m0/s1. The van der Waals surface area contributed by atoms with Gasteiger partial charge in [0.1, 0.15) is 0 Å². The minimum atomic E-state index is -0.413. The molecule has 6 atom stereocenters. The summed E-state index contributed by atoms with van der Waals surface area (Å²) in [5.74, 6) is 0. The summed E-state index contributed by atoms with van der Waals surface area (Å²) in [6, 6.07) is 10.2. The van der Waals surface area contributed by atoms with Gasteiger partial charge in [-0.25, -0.2) is 0 Å². The molecule has 2 heterocycles. The van der Waals surface area contributed by atoms with Gasteiger partial charge in [0.15, 0.2) is 0 Å². The van der Waals surface area contributed by atoms with Gasteiger partial charge in [-0.2, -0.15) is 0 Å². The molecule has 1 aromatic carbocycles. The second kappa shape index (κ2) is 9.47. The molecule has 2 bridgehead atoms. The zero-order chi connectivity index (χ0) is 17.6. The van der Waals surface area contributed by atoms with Crippen LogP contribution in [-0.2, 0) is 20.8 Å². The van der Waals surface area contributed by atoms with Crippen LogP contribution in [0.2, 0.25) is 0 Å². The normalized spacial score (nSPS) is 35.3. The predicted octanol–water partition coefficient (Wildman–Crippen LogP) is 3.83. The number of fused-ring (bicyclic) bond motifs is 2. The lowest BCUT2D eigenvalue weighted by Gasteiger charge is -2.30. The molecule has 2 aliphatic heterocycles. The Morgan fingerprint density at radius 2 is 1.88 bits per heavy atom. The maximum atomic E-state index is 10.4. The van der Waals surface area contributed by atoms with Crippen LogP contribution in [0.15, 0.2) is 30.3 Å². The molecule has 140 valence electrons. The first-order valence-electron chi connectivity index (χ1n) is 9.42. The van der Waals surface area contributed by atoms with Gasteiger partial charge in [-0.05, 0) is 31.2 Å². The maximum absolute atomic E-state index is 10.4. The second-order valence-electron chi connectivity index (χ2n) is 7.07. The molecule has 2 aliphatic rings. The van der Waals surface area contributed by atoms with Gasteiger partial charge in [-0.3, -0.25) is 0 Å². The SMILES string of the molecule is CC[C@H]1O[C@@H]2C[C@@H](O[C@@H]2CCCOCc2ccccc2)[C@H](O)C[C@@H]1Br. The zero-order valence-corrected chi connectivity index (χ0v) is 16.4. The Bertz CT molecular complexity index is 512. The van der Waals surface area contributed by atoms with E-state index in [0.29, 0.717) is 19.6 Å². The van der Waals surface area contributed by atoms with Gasteiger partial charge in [0, 0.05) is 17.9 Å². The number of alkyl halides is 1. The first-order valence-corrected chi connectivity index (χ1v) is 10.3. The molecule has 3 rings (SSSR count). The van der Waals surface area contributed by atoms with E-state index in [1.54, 1.807) is 0 Å². The average Bonchev–Trinajstić information content (AvgIpc) is 3.03. The Kier molecular flexibility index (Phi) is 7.31. The van der Waals surface area contributed by atoms with E-state index < -0.39 is 6.10 Å². The fourth-order valence-electron chi connectivity index (χ4n) is 3.74. The van der Waals surface area contributed by atoms with Crippen molar-refractivity contribution >= 4 is 15.9 Å². The molecular formula is C20H29BrO4. The first kappa shape index (κ1) is 19.3. The Hall–Kier alpha value is -0.460. The summed E-state index contributed by atoms with van der Waals surface area (Å²) in [5, 5.41) is 10.4. The van der Waals surface area contributed by atoms with E-state index in [1.165, 1.54) is 5.56 Å². The van der Waals surface area contributed by atoms with E-state index in [-0.39, 0.29) is 29.2 Å². The number of halogens is 1. The smallest absolute Gasteiger partial charge is 0.0866 e. The second-order valence-corrected chi connectivity index (χ2v) is 8.25. The monoisotopic (exact) mass is 412 g/mol. The highest BCUT2D eigenvalue weighted by atomic mass is 79.9. The fraction of sp³-hybridized carbons (Fsp3) is 0.700. The first-order chi connectivity index (χ1) is 12.2. The third-order valence-electron chi connectivity index (χ3n) is 5.17. The molecule has 0 unspecified atom stereocenters. The van der Waals surface area contributed by atoms with Crippen molar-refractivity contribution in [3.63, 3.8) is 0 Å². The van der Waals surface area contributed by atoms with E-state index in [9.17, 15) is 5.11 Å². The Morgan fingerprint density at radius 3 is 2.64 bits per heavy atom. The lowest BCUT2D eigenvalue weighted by Crippen LogP contribution is -2.38. The average molecular weight is 413 g/mol. The van der Waals surface area contributed by atoms with Crippen molar-refractivity contribution in [1.82, 2.24) is 0 Å². The van der Waals surface area contributed by atoms with Crippen molar-refractivity contribution in [3.05, 3.63) is 35.9 Å². The molecule has 4 nitrogen and oxygen atoms in total. The van der Waals surface area contributed by atoms with E-state index in [1.807, 2.05) is 18.2 Å².